The molecule has 24 heavy (non-hydrogen) atoms. The largest absolute Gasteiger partial charge is 0.339 e. The number of carbonyl (C=O) groups is 2. The minimum atomic E-state index is -0.117. The third-order valence-electron chi connectivity index (χ3n) is 3.94. The predicted octanol–water partition coefficient (Wildman–Crippen LogP) is 4.06. The number of anilines is 1. The Morgan fingerprint density at radius 2 is 1.83 bits per heavy atom. The van der Waals surface area contributed by atoms with E-state index in [1.54, 1.807) is 24.1 Å². The molecule has 2 rings (SSSR count). The Hall–Kier alpha value is -2.33. The summed E-state index contributed by atoms with van der Waals surface area (Å²) in [5.41, 5.74) is 2.62. The molecule has 4 nitrogen and oxygen atoms in total. The topological polar surface area (TPSA) is 49.4 Å². The SMILES string of the molecule is CC(=O)Nc1ccc(CC(=O)N(C)C(C)c2cccc(Cl)c2)cc1. The number of likely N-dealkylation sites (N-methyl/N-ethyl adjacent to an activating group) is 1. The Balaban J connectivity index is 2.01. The lowest BCUT2D eigenvalue weighted by Gasteiger charge is -2.25. The lowest BCUT2D eigenvalue weighted by atomic mass is 10.1. The van der Waals surface area contributed by atoms with Crippen molar-refractivity contribution in [2.24, 2.45) is 0 Å². The molecule has 126 valence electrons. The number of rotatable bonds is 5. The number of carbonyl (C=O) groups excluding carboxylic acids is 2. The molecule has 0 aliphatic heterocycles. The highest BCUT2D eigenvalue weighted by atomic mass is 35.5. The summed E-state index contributed by atoms with van der Waals surface area (Å²) in [5, 5.41) is 3.37. The van der Waals surface area contributed by atoms with E-state index in [0.29, 0.717) is 11.4 Å². The highest BCUT2D eigenvalue weighted by Gasteiger charge is 2.17. The van der Waals surface area contributed by atoms with Crippen LogP contribution in [0.1, 0.15) is 31.0 Å². The first kappa shape index (κ1) is 18.0. The van der Waals surface area contributed by atoms with Crippen LogP contribution in [-0.4, -0.2) is 23.8 Å². The van der Waals surface area contributed by atoms with Crippen LogP contribution in [0.2, 0.25) is 5.02 Å². The van der Waals surface area contributed by atoms with E-state index in [1.807, 2.05) is 43.3 Å². The fourth-order valence-corrected chi connectivity index (χ4v) is 2.61. The standard InChI is InChI=1S/C19H21ClN2O2/c1-13(16-5-4-6-17(20)12-16)22(3)19(24)11-15-7-9-18(10-8-15)21-14(2)23/h4-10,12-13H,11H2,1-3H3,(H,21,23). The first-order chi connectivity index (χ1) is 11.4. The van der Waals surface area contributed by atoms with E-state index in [1.165, 1.54) is 6.92 Å². The third-order valence-corrected chi connectivity index (χ3v) is 4.17. The number of hydrogen-bond acceptors (Lipinski definition) is 2. The highest BCUT2D eigenvalue weighted by molar-refractivity contribution is 6.30. The van der Waals surface area contributed by atoms with Gasteiger partial charge in [0, 0.05) is 24.7 Å². The van der Waals surface area contributed by atoms with Gasteiger partial charge in [-0.05, 0) is 42.3 Å². The molecule has 5 heteroatoms. The molecule has 0 bridgehead atoms. The van der Waals surface area contributed by atoms with E-state index in [0.717, 1.165) is 16.8 Å². The minimum absolute atomic E-state index is 0.0229. The van der Waals surface area contributed by atoms with Crippen LogP contribution in [0, 0.1) is 0 Å². The molecule has 0 fully saturated rings. The van der Waals surface area contributed by atoms with E-state index in [9.17, 15) is 9.59 Å². The fraction of sp³-hybridized carbons (Fsp3) is 0.263. The number of hydrogen-bond donors (Lipinski definition) is 1. The van der Waals surface area contributed by atoms with Crippen LogP contribution < -0.4 is 5.32 Å². The average molecular weight is 345 g/mol. The second kappa shape index (κ2) is 7.97. The summed E-state index contributed by atoms with van der Waals surface area (Å²) in [4.78, 5) is 25.2. The Kier molecular flexibility index (Phi) is 5.99. The van der Waals surface area contributed by atoms with Crippen LogP contribution >= 0.6 is 11.6 Å². The average Bonchev–Trinajstić information content (AvgIpc) is 2.54. The van der Waals surface area contributed by atoms with Gasteiger partial charge in [0.2, 0.25) is 11.8 Å². The molecule has 0 spiro atoms. The van der Waals surface area contributed by atoms with Gasteiger partial charge < -0.3 is 10.2 Å². The molecular formula is C19H21ClN2O2. The second-order valence-corrected chi connectivity index (χ2v) is 6.23. The van der Waals surface area contributed by atoms with E-state index in [4.69, 9.17) is 11.6 Å². The van der Waals surface area contributed by atoms with Gasteiger partial charge in [-0.1, -0.05) is 35.9 Å². The van der Waals surface area contributed by atoms with E-state index in [2.05, 4.69) is 5.32 Å². The molecular weight excluding hydrogens is 324 g/mol. The molecule has 0 saturated carbocycles. The summed E-state index contributed by atoms with van der Waals surface area (Å²) in [6, 6.07) is 14.8. The first-order valence-corrected chi connectivity index (χ1v) is 8.12. The molecule has 1 unspecified atom stereocenters. The fourth-order valence-electron chi connectivity index (χ4n) is 2.41. The van der Waals surface area contributed by atoms with Crippen molar-refractivity contribution in [2.75, 3.05) is 12.4 Å². The Bertz CT molecular complexity index is 728. The molecule has 0 aliphatic rings. The first-order valence-electron chi connectivity index (χ1n) is 7.74. The van der Waals surface area contributed by atoms with Crippen molar-refractivity contribution < 1.29 is 9.59 Å². The molecule has 2 aromatic carbocycles. The normalized spacial score (nSPS) is 11.7. The van der Waals surface area contributed by atoms with Crippen LogP contribution in [0.3, 0.4) is 0 Å². The van der Waals surface area contributed by atoms with Crippen LogP contribution in [0.5, 0.6) is 0 Å². The minimum Gasteiger partial charge on any atom is -0.339 e. The Labute approximate surface area is 147 Å². The summed E-state index contributed by atoms with van der Waals surface area (Å²) in [6.07, 6.45) is 0.307. The molecule has 2 aromatic rings. The molecule has 0 heterocycles. The van der Waals surface area contributed by atoms with E-state index >= 15 is 0 Å². The van der Waals surface area contributed by atoms with Crippen LogP contribution in [0.4, 0.5) is 5.69 Å². The summed E-state index contributed by atoms with van der Waals surface area (Å²) < 4.78 is 0. The maximum absolute atomic E-state index is 12.5. The Morgan fingerprint density at radius 1 is 1.17 bits per heavy atom. The Morgan fingerprint density at radius 3 is 2.42 bits per heavy atom. The van der Waals surface area contributed by atoms with E-state index in [-0.39, 0.29) is 17.9 Å². The van der Waals surface area contributed by atoms with Crippen LogP contribution in [0.15, 0.2) is 48.5 Å². The van der Waals surface area contributed by atoms with Crippen LogP contribution in [0.25, 0.3) is 0 Å². The van der Waals surface area contributed by atoms with Crippen molar-refractivity contribution in [1.29, 1.82) is 0 Å². The summed E-state index contributed by atoms with van der Waals surface area (Å²) in [6.45, 7) is 3.44. The number of nitrogens with zero attached hydrogens (tertiary/aromatic N) is 1. The van der Waals surface area contributed by atoms with Gasteiger partial charge in [-0.25, -0.2) is 0 Å². The molecule has 0 aliphatic carbocycles. The molecule has 0 aromatic heterocycles. The maximum atomic E-state index is 12.5. The van der Waals surface area contributed by atoms with Crippen molar-refractivity contribution in [1.82, 2.24) is 4.90 Å². The molecule has 0 saturated heterocycles. The van der Waals surface area contributed by atoms with Gasteiger partial charge in [-0.3, -0.25) is 9.59 Å². The van der Waals surface area contributed by atoms with Gasteiger partial charge in [-0.2, -0.15) is 0 Å². The number of benzene rings is 2. The maximum Gasteiger partial charge on any atom is 0.227 e. The number of nitrogens with one attached hydrogen (secondary N) is 1. The smallest absolute Gasteiger partial charge is 0.227 e. The van der Waals surface area contributed by atoms with Gasteiger partial charge in [0.05, 0.1) is 12.5 Å². The van der Waals surface area contributed by atoms with Gasteiger partial charge in [0.1, 0.15) is 0 Å². The van der Waals surface area contributed by atoms with Gasteiger partial charge in [-0.15, -0.1) is 0 Å². The van der Waals surface area contributed by atoms with Gasteiger partial charge in [0.25, 0.3) is 0 Å². The summed E-state index contributed by atoms with van der Waals surface area (Å²) in [7, 11) is 1.79. The van der Waals surface area contributed by atoms with Crippen molar-refractivity contribution in [2.45, 2.75) is 26.3 Å². The quantitative estimate of drug-likeness (QED) is 0.889. The van der Waals surface area contributed by atoms with Crippen LogP contribution in [-0.2, 0) is 16.0 Å². The second-order valence-electron chi connectivity index (χ2n) is 5.79. The zero-order chi connectivity index (χ0) is 17.7. The number of halogens is 1. The van der Waals surface area contributed by atoms with Crippen molar-refractivity contribution in [3.8, 4) is 0 Å². The van der Waals surface area contributed by atoms with E-state index < -0.39 is 0 Å². The van der Waals surface area contributed by atoms with Crippen molar-refractivity contribution in [3.63, 3.8) is 0 Å². The summed E-state index contributed by atoms with van der Waals surface area (Å²) in [5.74, 6) is -0.0938. The lowest BCUT2D eigenvalue weighted by Crippen LogP contribution is -2.30. The highest BCUT2D eigenvalue weighted by Crippen LogP contribution is 2.22. The van der Waals surface area contributed by atoms with Gasteiger partial charge >= 0.3 is 0 Å². The molecule has 2 amide bonds. The summed E-state index contributed by atoms with van der Waals surface area (Å²) >= 11 is 6.02. The predicted molar refractivity (Wildman–Crippen MR) is 97.1 cm³/mol. The molecule has 1 atom stereocenters. The lowest BCUT2D eigenvalue weighted by molar-refractivity contribution is -0.131. The zero-order valence-electron chi connectivity index (χ0n) is 14.0. The van der Waals surface area contributed by atoms with Gasteiger partial charge in [0.15, 0.2) is 0 Å². The van der Waals surface area contributed by atoms with Crippen molar-refractivity contribution in [3.05, 3.63) is 64.7 Å². The van der Waals surface area contributed by atoms with Crippen molar-refractivity contribution >= 4 is 29.1 Å². The number of amides is 2. The molecule has 1 N–H and O–H groups in total. The molecule has 0 radical (unpaired) electrons. The monoisotopic (exact) mass is 344 g/mol. The third kappa shape index (κ3) is 4.83. The zero-order valence-corrected chi connectivity index (χ0v) is 14.8.